The van der Waals surface area contributed by atoms with Gasteiger partial charge in [0, 0.05) is 13.1 Å². The van der Waals surface area contributed by atoms with Crippen molar-refractivity contribution in [1.82, 2.24) is 10.2 Å². The fraction of sp³-hybridized carbons (Fsp3) is 0.818. The van der Waals surface area contributed by atoms with Crippen LogP contribution in [0.25, 0.3) is 0 Å². The zero-order valence-corrected chi connectivity index (χ0v) is 11.0. The number of hydrogen-bond acceptors (Lipinski definition) is 5. The first kappa shape index (κ1) is 16.7. The molecule has 0 aliphatic carbocycles. The maximum atomic E-state index is 11.6. The Bertz CT molecular complexity index is 248. The first-order chi connectivity index (χ1) is 8.65. The average Bonchev–Trinajstić information content (AvgIpc) is 2.36. The van der Waals surface area contributed by atoms with Gasteiger partial charge < -0.3 is 24.8 Å². The summed E-state index contributed by atoms with van der Waals surface area (Å²) in [5, 5.41) is 11.0. The van der Waals surface area contributed by atoms with E-state index in [1.165, 1.54) is 4.90 Å². The van der Waals surface area contributed by atoms with E-state index < -0.39 is 5.97 Å². The third-order valence-electron chi connectivity index (χ3n) is 2.10. The van der Waals surface area contributed by atoms with E-state index in [1.807, 2.05) is 6.92 Å². The number of nitrogens with zero attached hydrogens (tertiary/aromatic N) is 1. The Balaban J connectivity index is 3.84. The van der Waals surface area contributed by atoms with Crippen LogP contribution in [-0.2, 0) is 14.3 Å². The summed E-state index contributed by atoms with van der Waals surface area (Å²) in [5.74, 6) is -0.460. The van der Waals surface area contributed by atoms with Crippen LogP contribution in [-0.4, -0.2) is 68.1 Å². The summed E-state index contributed by atoms with van der Waals surface area (Å²) in [7, 11) is 0. The smallest absolute Gasteiger partial charge is 0.325 e. The number of esters is 1. The van der Waals surface area contributed by atoms with E-state index in [-0.39, 0.29) is 25.8 Å². The van der Waals surface area contributed by atoms with Gasteiger partial charge in [0.05, 0.1) is 26.4 Å². The Morgan fingerprint density at radius 2 is 2.00 bits per heavy atom. The van der Waals surface area contributed by atoms with E-state index in [0.717, 1.165) is 0 Å². The number of ether oxygens (including phenoxy) is 2. The second kappa shape index (κ2) is 10.8. The molecule has 0 aromatic carbocycles. The highest BCUT2D eigenvalue weighted by molar-refractivity contribution is 5.80. The number of amides is 2. The summed E-state index contributed by atoms with van der Waals surface area (Å²) in [5.41, 5.74) is 0. The van der Waals surface area contributed by atoms with Gasteiger partial charge in [-0.2, -0.15) is 0 Å². The van der Waals surface area contributed by atoms with Crippen molar-refractivity contribution < 1.29 is 24.2 Å². The molecular weight excluding hydrogens is 240 g/mol. The lowest BCUT2D eigenvalue weighted by atomic mass is 10.5. The van der Waals surface area contributed by atoms with Crippen molar-refractivity contribution in [3.8, 4) is 0 Å². The molecule has 0 atom stereocenters. The van der Waals surface area contributed by atoms with Crippen LogP contribution in [0, 0.1) is 0 Å². The van der Waals surface area contributed by atoms with E-state index in [1.54, 1.807) is 6.92 Å². The molecule has 0 rings (SSSR count). The van der Waals surface area contributed by atoms with Gasteiger partial charge in [-0.25, -0.2) is 4.79 Å². The number of urea groups is 1. The van der Waals surface area contributed by atoms with Gasteiger partial charge >= 0.3 is 12.0 Å². The largest absolute Gasteiger partial charge is 0.465 e. The number of carbonyl (C=O) groups excluding carboxylic acids is 2. The molecule has 7 heteroatoms. The van der Waals surface area contributed by atoms with E-state index in [4.69, 9.17) is 14.6 Å². The molecule has 2 N–H and O–H groups in total. The summed E-state index contributed by atoms with van der Waals surface area (Å²) >= 11 is 0. The second-order valence-electron chi connectivity index (χ2n) is 3.38. The number of likely N-dealkylation sites (N-methyl/N-ethyl adjacent to an activating group) is 1. The van der Waals surface area contributed by atoms with Gasteiger partial charge in [-0.1, -0.05) is 0 Å². The number of carbonyl (C=O) groups is 2. The topological polar surface area (TPSA) is 88.1 Å². The second-order valence-corrected chi connectivity index (χ2v) is 3.38. The maximum absolute atomic E-state index is 11.6. The fourth-order valence-electron chi connectivity index (χ4n) is 1.22. The molecule has 0 unspecified atom stereocenters. The van der Waals surface area contributed by atoms with Crippen LogP contribution in [0.3, 0.4) is 0 Å². The molecule has 0 radical (unpaired) electrons. The molecule has 2 amide bonds. The Labute approximate surface area is 107 Å². The highest BCUT2D eigenvalue weighted by atomic mass is 16.5. The average molecular weight is 262 g/mol. The molecule has 0 aromatic rings. The molecule has 0 saturated carbocycles. The van der Waals surface area contributed by atoms with Crippen LogP contribution in [0.4, 0.5) is 4.79 Å². The zero-order chi connectivity index (χ0) is 13.8. The van der Waals surface area contributed by atoms with Crippen molar-refractivity contribution in [2.45, 2.75) is 13.8 Å². The summed E-state index contributed by atoms with van der Waals surface area (Å²) in [4.78, 5) is 24.2. The Kier molecular flexibility index (Phi) is 9.99. The van der Waals surface area contributed by atoms with Crippen LogP contribution >= 0.6 is 0 Å². The molecule has 0 aliphatic heterocycles. The first-order valence-electron chi connectivity index (χ1n) is 6.02. The number of aliphatic hydroxyl groups excluding tert-OH is 1. The van der Waals surface area contributed by atoms with E-state index in [9.17, 15) is 9.59 Å². The molecule has 0 fully saturated rings. The summed E-state index contributed by atoms with van der Waals surface area (Å²) in [6, 6.07) is -0.335. The molecule has 0 saturated heterocycles. The Hall–Kier alpha value is -1.34. The maximum Gasteiger partial charge on any atom is 0.325 e. The van der Waals surface area contributed by atoms with Crippen LogP contribution in [0.1, 0.15) is 13.8 Å². The highest BCUT2D eigenvalue weighted by Crippen LogP contribution is 1.90. The van der Waals surface area contributed by atoms with Crippen molar-refractivity contribution in [1.29, 1.82) is 0 Å². The van der Waals surface area contributed by atoms with Crippen LogP contribution < -0.4 is 5.32 Å². The van der Waals surface area contributed by atoms with Gasteiger partial charge in [0.1, 0.15) is 6.54 Å². The molecule has 0 spiro atoms. The van der Waals surface area contributed by atoms with Crippen molar-refractivity contribution in [3.63, 3.8) is 0 Å². The predicted octanol–water partition coefficient (Wildman–Crippen LogP) is -0.410. The van der Waals surface area contributed by atoms with Gasteiger partial charge in [0.15, 0.2) is 0 Å². The Morgan fingerprint density at radius 1 is 1.28 bits per heavy atom. The van der Waals surface area contributed by atoms with Crippen LogP contribution in [0.2, 0.25) is 0 Å². The number of hydrogen-bond donors (Lipinski definition) is 2. The normalized spacial score (nSPS) is 9.94. The number of nitrogens with one attached hydrogen (secondary N) is 1. The van der Waals surface area contributed by atoms with Crippen molar-refractivity contribution in [3.05, 3.63) is 0 Å². The van der Waals surface area contributed by atoms with Gasteiger partial charge in [-0.3, -0.25) is 4.79 Å². The highest BCUT2D eigenvalue weighted by Gasteiger charge is 2.12. The molecule has 0 heterocycles. The molecular formula is C11H22N2O5. The third kappa shape index (κ3) is 7.86. The lowest BCUT2D eigenvalue weighted by Crippen LogP contribution is -2.43. The summed E-state index contributed by atoms with van der Waals surface area (Å²) in [6.07, 6.45) is 0. The van der Waals surface area contributed by atoms with Gasteiger partial charge in [0.2, 0.25) is 0 Å². The van der Waals surface area contributed by atoms with Gasteiger partial charge in [-0.05, 0) is 13.8 Å². The number of aliphatic hydroxyl groups is 1. The molecule has 0 aliphatic rings. The van der Waals surface area contributed by atoms with E-state index in [2.05, 4.69) is 5.32 Å². The Morgan fingerprint density at radius 3 is 2.56 bits per heavy atom. The van der Waals surface area contributed by atoms with E-state index in [0.29, 0.717) is 26.3 Å². The van der Waals surface area contributed by atoms with Crippen molar-refractivity contribution in [2.24, 2.45) is 0 Å². The lowest BCUT2D eigenvalue weighted by Gasteiger charge is -2.20. The minimum Gasteiger partial charge on any atom is -0.465 e. The van der Waals surface area contributed by atoms with E-state index >= 15 is 0 Å². The quantitative estimate of drug-likeness (QED) is 0.435. The molecule has 0 bridgehead atoms. The van der Waals surface area contributed by atoms with Crippen LogP contribution in [0.15, 0.2) is 0 Å². The standard InChI is InChI=1S/C11H22N2O5/c1-3-13(5-7-17-8-6-14)11(16)12-9-10(15)18-4-2/h14H,3-9H2,1-2H3,(H,12,16). The minimum absolute atomic E-state index is 0.0405. The molecule has 0 aromatic heterocycles. The molecule has 7 nitrogen and oxygen atoms in total. The minimum atomic E-state index is -0.460. The van der Waals surface area contributed by atoms with Crippen LogP contribution in [0.5, 0.6) is 0 Å². The zero-order valence-electron chi connectivity index (χ0n) is 11.0. The third-order valence-corrected chi connectivity index (χ3v) is 2.10. The predicted molar refractivity (Wildman–Crippen MR) is 65.2 cm³/mol. The fourth-order valence-corrected chi connectivity index (χ4v) is 1.22. The van der Waals surface area contributed by atoms with Crippen molar-refractivity contribution >= 4 is 12.0 Å². The summed E-state index contributed by atoms with van der Waals surface area (Å²) < 4.78 is 9.76. The SMILES string of the molecule is CCOC(=O)CNC(=O)N(CC)CCOCCO. The van der Waals surface area contributed by atoms with Gasteiger partial charge in [0.25, 0.3) is 0 Å². The summed E-state index contributed by atoms with van der Waals surface area (Å²) in [6.45, 7) is 5.17. The first-order valence-corrected chi connectivity index (χ1v) is 6.02. The van der Waals surface area contributed by atoms with Crippen molar-refractivity contribution in [2.75, 3.05) is 46.1 Å². The lowest BCUT2D eigenvalue weighted by molar-refractivity contribution is -0.141. The number of rotatable bonds is 9. The molecule has 106 valence electrons. The molecule has 18 heavy (non-hydrogen) atoms. The van der Waals surface area contributed by atoms with Gasteiger partial charge in [-0.15, -0.1) is 0 Å². The monoisotopic (exact) mass is 262 g/mol.